The van der Waals surface area contributed by atoms with Crippen LogP contribution in [0.3, 0.4) is 0 Å². The molecule has 0 radical (unpaired) electrons. The van der Waals surface area contributed by atoms with Crippen molar-refractivity contribution in [2.75, 3.05) is 13.1 Å². The maximum atomic E-state index is 12.5. The van der Waals surface area contributed by atoms with Gasteiger partial charge in [0.25, 0.3) is 0 Å². The predicted molar refractivity (Wildman–Crippen MR) is 92.0 cm³/mol. The van der Waals surface area contributed by atoms with Crippen molar-refractivity contribution in [2.45, 2.75) is 71.1 Å². The van der Waals surface area contributed by atoms with E-state index in [9.17, 15) is 9.59 Å². The zero-order chi connectivity index (χ0) is 18.4. The summed E-state index contributed by atoms with van der Waals surface area (Å²) in [5, 5.41) is 4.35. The summed E-state index contributed by atoms with van der Waals surface area (Å²) in [7, 11) is 0. The fourth-order valence-electron chi connectivity index (χ4n) is 3.26. The van der Waals surface area contributed by atoms with Crippen molar-refractivity contribution in [2.24, 2.45) is 0 Å². The normalized spacial score (nSPS) is 19.8. The van der Waals surface area contributed by atoms with E-state index in [2.05, 4.69) is 5.10 Å². The number of hydrogen-bond acceptors (Lipinski definition) is 5. The summed E-state index contributed by atoms with van der Waals surface area (Å²) in [6.07, 6.45) is 3.04. The molecule has 25 heavy (non-hydrogen) atoms. The highest BCUT2D eigenvalue weighted by molar-refractivity contribution is 5.98. The molecule has 0 aliphatic carbocycles. The number of piperidine rings is 1. The van der Waals surface area contributed by atoms with E-state index in [1.165, 1.54) is 0 Å². The lowest BCUT2D eigenvalue weighted by Crippen LogP contribution is -2.52. The Kier molecular flexibility index (Phi) is 4.29. The molecule has 1 amide bonds. The van der Waals surface area contributed by atoms with Crippen molar-refractivity contribution in [3.8, 4) is 5.75 Å². The lowest BCUT2D eigenvalue weighted by molar-refractivity contribution is -0.0227. The van der Waals surface area contributed by atoms with Crippen LogP contribution < -0.4 is 4.74 Å². The van der Waals surface area contributed by atoms with E-state index >= 15 is 0 Å². The van der Waals surface area contributed by atoms with Gasteiger partial charge in [0.15, 0.2) is 17.2 Å². The predicted octanol–water partition coefficient (Wildman–Crippen LogP) is 3.20. The monoisotopic (exact) mass is 349 g/mol. The Bertz CT molecular complexity index is 679. The Balaban J connectivity index is 1.69. The van der Waals surface area contributed by atoms with E-state index in [-0.39, 0.29) is 17.9 Å². The van der Waals surface area contributed by atoms with E-state index in [0.717, 1.165) is 0 Å². The second-order valence-electron chi connectivity index (χ2n) is 8.27. The number of carbonyl (C=O) groups is 2. The van der Waals surface area contributed by atoms with Gasteiger partial charge in [-0.25, -0.2) is 4.79 Å². The highest BCUT2D eigenvalue weighted by Crippen LogP contribution is 2.39. The molecule has 0 N–H and O–H groups in total. The summed E-state index contributed by atoms with van der Waals surface area (Å²) in [4.78, 5) is 26.4. The molecule has 138 valence electrons. The van der Waals surface area contributed by atoms with Gasteiger partial charge in [0.1, 0.15) is 11.2 Å². The fraction of sp³-hybridized carbons (Fsp3) is 0.722. The summed E-state index contributed by atoms with van der Waals surface area (Å²) in [5.41, 5.74) is -0.619. The van der Waals surface area contributed by atoms with Crippen LogP contribution in [-0.2, 0) is 4.74 Å². The Labute approximate surface area is 148 Å². The average molecular weight is 349 g/mol. The quantitative estimate of drug-likeness (QED) is 0.778. The molecule has 0 saturated carbocycles. The molecule has 0 atom stereocenters. The number of likely N-dealkylation sites (tertiary alicyclic amines) is 1. The minimum Gasteiger partial charge on any atom is -0.483 e. The number of aromatic nitrogens is 2. The van der Waals surface area contributed by atoms with Crippen LogP contribution in [0.2, 0.25) is 0 Å². The second kappa shape index (κ2) is 6.04. The first kappa shape index (κ1) is 17.8. The summed E-state index contributed by atoms with van der Waals surface area (Å²) in [6.45, 7) is 10.6. The minimum absolute atomic E-state index is 0.0198. The molecule has 1 aromatic heterocycles. The van der Waals surface area contributed by atoms with Crippen LogP contribution in [0.5, 0.6) is 5.75 Å². The molecule has 0 aromatic carbocycles. The number of carbonyl (C=O) groups excluding carboxylic acids is 2. The second-order valence-corrected chi connectivity index (χ2v) is 8.27. The third-order valence-corrected chi connectivity index (χ3v) is 4.63. The van der Waals surface area contributed by atoms with Gasteiger partial charge in [-0.1, -0.05) is 0 Å². The largest absolute Gasteiger partial charge is 0.483 e. The van der Waals surface area contributed by atoms with Crippen LogP contribution in [0.4, 0.5) is 4.79 Å². The first-order valence-electron chi connectivity index (χ1n) is 8.88. The Morgan fingerprint density at radius 3 is 2.52 bits per heavy atom. The van der Waals surface area contributed by atoms with E-state index in [4.69, 9.17) is 9.47 Å². The molecule has 2 aliphatic heterocycles. The van der Waals surface area contributed by atoms with E-state index < -0.39 is 11.2 Å². The number of ether oxygens (including phenoxy) is 2. The smallest absolute Gasteiger partial charge is 0.410 e. The van der Waals surface area contributed by atoms with E-state index in [1.54, 1.807) is 15.8 Å². The van der Waals surface area contributed by atoms with Crippen molar-refractivity contribution in [3.63, 3.8) is 0 Å². The molecule has 7 nitrogen and oxygen atoms in total. The van der Waals surface area contributed by atoms with Gasteiger partial charge in [-0.2, -0.15) is 5.10 Å². The van der Waals surface area contributed by atoms with Gasteiger partial charge in [0, 0.05) is 32.0 Å². The number of hydrogen-bond donors (Lipinski definition) is 0. The van der Waals surface area contributed by atoms with Crippen LogP contribution >= 0.6 is 0 Å². The van der Waals surface area contributed by atoms with Crippen molar-refractivity contribution in [3.05, 3.63) is 11.9 Å². The number of rotatable bonds is 1. The first-order chi connectivity index (χ1) is 11.6. The van der Waals surface area contributed by atoms with Gasteiger partial charge in [0.2, 0.25) is 0 Å². The Hall–Kier alpha value is -2.05. The summed E-state index contributed by atoms with van der Waals surface area (Å²) < 4.78 is 13.4. The van der Waals surface area contributed by atoms with E-state index in [0.29, 0.717) is 43.8 Å². The van der Waals surface area contributed by atoms with Crippen molar-refractivity contribution in [1.82, 2.24) is 14.7 Å². The molecule has 0 unspecified atom stereocenters. The lowest BCUT2D eigenvalue weighted by Gasteiger charge is -2.43. The summed E-state index contributed by atoms with van der Waals surface area (Å²) in [6, 6.07) is 0.173. The topological polar surface area (TPSA) is 73.7 Å². The SMILES string of the molecule is CC(C)n1cc2c(n1)C(=O)CC1(CCN(C(=O)OC(C)(C)C)CC1)O2. The zero-order valence-corrected chi connectivity index (χ0v) is 15.7. The van der Waals surface area contributed by atoms with Crippen LogP contribution in [0.1, 0.15) is 70.4 Å². The van der Waals surface area contributed by atoms with Gasteiger partial charge in [0.05, 0.1) is 12.6 Å². The number of ketones is 1. The molecule has 1 fully saturated rings. The van der Waals surface area contributed by atoms with Crippen LogP contribution in [0, 0.1) is 0 Å². The van der Waals surface area contributed by atoms with Crippen LogP contribution in [0.25, 0.3) is 0 Å². The molecule has 1 saturated heterocycles. The van der Waals surface area contributed by atoms with Gasteiger partial charge in [-0.15, -0.1) is 0 Å². The summed E-state index contributed by atoms with van der Waals surface area (Å²) >= 11 is 0. The van der Waals surface area contributed by atoms with Gasteiger partial charge >= 0.3 is 6.09 Å². The van der Waals surface area contributed by atoms with Crippen molar-refractivity contribution >= 4 is 11.9 Å². The Morgan fingerprint density at radius 1 is 1.32 bits per heavy atom. The number of amides is 1. The molecule has 7 heteroatoms. The maximum Gasteiger partial charge on any atom is 0.410 e. The maximum absolute atomic E-state index is 12.5. The molecule has 2 aliphatic rings. The zero-order valence-electron chi connectivity index (χ0n) is 15.7. The third-order valence-electron chi connectivity index (χ3n) is 4.63. The highest BCUT2D eigenvalue weighted by Gasteiger charge is 2.45. The van der Waals surface area contributed by atoms with Crippen LogP contribution in [-0.4, -0.2) is 50.8 Å². The molecule has 3 heterocycles. The molecular formula is C18H27N3O4. The molecule has 1 aromatic rings. The van der Waals surface area contributed by atoms with Gasteiger partial charge in [-0.3, -0.25) is 9.48 Å². The number of Topliss-reactive ketones (excluding diaryl/α,β-unsaturated/α-hetero) is 1. The minimum atomic E-state index is -0.534. The fourth-order valence-corrected chi connectivity index (χ4v) is 3.26. The molecule has 3 rings (SSSR count). The molecule has 1 spiro atoms. The van der Waals surface area contributed by atoms with E-state index in [1.807, 2.05) is 34.6 Å². The first-order valence-corrected chi connectivity index (χ1v) is 8.88. The average Bonchev–Trinajstić information content (AvgIpc) is 2.90. The third kappa shape index (κ3) is 3.65. The number of fused-ring (bicyclic) bond motifs is 1. The molecule has 0 bridgehead atoms. The van der Waals surface area contributed by atoms with Crippen LogP contribution in [0.15, 0.2) is 6.20 Å². The van der Waals surface area contributed by atoms with Crippen molar-refractivity contribution < 1.29 is 19.1 Å². The highest BCUT2D eigenvalue weighted by atomic mass is 16.6. The standard InChI is InChI=1S/C18H27N3O4/c1-12(2)21-11-14-15(19-21)13(22)10-18(24-14)6-8-20(9-7-18)16(23)25-17(3,4)5/h11-12H,6-10H2,1-5H3. The number of nitrogens with zero attached hydrogens (tertiary/aromatic N) is 3. The summed E-state index contributed by atoms with van der Waals surface area (Å²) in [5.74, 6) is 0.585. The lowest BCUT2D eigenvalue weighted by atomic mass is 9.84. The van der Waals surface area contributed by atoms with Gasteiger partial charge in [-0.05, 0) is 34.6 Å². The van der Waals surface area contributed by atoms with Crippen molar-refractivity contribution in [1.29, 1.82) is 0 Å². The van der Waals surface area contributed by atoms with Gasteiger partial charge < -0.3 is 14.4 Å². The Morgan fingerprint density at radius 2 is 1.96 bits per heavy atom. The molecular weight excluding hydrogens is 322 g/mol.